The molecule has 344 valence electrons. The number of phenolic OH excluding ortho intramolecular Hbond substituents is 1. The lowest BCUT2D eigenvalue weighted by molar-refractivity contribution is 0.0734. The normalized spacial score (nSPS) is 14.8. The van der Waals surface area contributed by atoms with Crippen LogP contribution in [-0.2, 0) is 6.42 Å². The zero-order chi connectivity index (χ0) is 48.1. The first-order chi connectivity index (χ1) is 33.4. The van der Waals surface area contributed by atoms with Crippen LogP contribution < -0.4 is 9.64 Å². The van der Waals surface area contributed by atoms with Crippen molar-refractivity contribution in [3.63, 3.8) is 0 Å². The van der Waals surface area contributed by atoms with Crippen molar-refractivity contribution in [1.82, 2.24) is 0 Å². The zero-order valence-electron chi connectivity index (χ0n) is 39.6. The van der Waals surface area contributed by atoms with Gasteiger partial charge in [0.05, 0.1) is 45.4 Å². The molecule has 0 saturated heterocycles. The summed E-state index contributed by atoms with van der Waals surface area (Å²) in [7, 11) is 2.18. The summed E-state index contributed by atoms with van der Waals surface area (Å²) in [4.78, 5) is 15.1. The first-order valence-corrected chi connectivity index (χ1v) is 23.3. The number of unbranched alkanes of at least 4 members (excludes halogenated alkanes) is 1. The largest absolute Gasteiger partial charge is 0.506 e. The molecule has 0 aliphatic carbocycles. The van der Waals surface area contributed by atoms with Gasteiger partial charge in [0.1, 0.15) is 17.2 Å². The van der Waals surface area contributed by atoms with Gasteiger partial charge in [-0.3, -0.25) is 0 Å². The van der Waals surface area contributed by atoms with E-state index < -0.39 is 5.97 Å². The van der Waals surface area contributed by atoms with Gasteiger partial charge in [-0.05, 0) is 148 Å². The van der Waals surface area contributed by atoms with E-state index in [9.17, 15) is 9.90 Å². The number of ether oxygens (including phenoxy) is 1. The van der Waals surface area contributed by atoms with Gasteiger partial charge in [-0.25, -0.2) is 4.79 Å². The smallest absolute Gasteiger partial charge is 0.343 e. The van der Waals surface area contributed by atoms with Gasteiger partial charge in [-0.1, -0.05) is 80.9 Å². The fraction of sp³-hybridized carbons (Fsp3) is 0.211. The first-order valence-electron chi connectivity index (χ1n) is 23.3. The van der Waals surface area contributed by atoms with Crippen LogP contribution in [0.15, 0.2) is 193 Å². The molecule has 69 heavy (non-hydrogen) atoms. The van der Waals surface area contributed by atoms with Crippen molar-refractivity contribution in [2.24, 2.45) is 40.9 Å². The van der Waals surface area contributed by atoms with Gasteiger partial charge in [-0.2, -0.15) is 15.3 Å². The lowest BCUT2D eigenvalue weighted by Gasteiger charge is -2.45. The average molecular weight is 912 g/mol. The van der Waals surface area contributed by atoms with E-state index in [-0.39, 0.29) is 17.0 Å². The van der Waals surface area contributed by atoms with Gasteiger partial charge in [0.15, 0.2) is 0 Å². The van der Waals surface area contributed by atoms with Crippen molar-refractivity contribution in [2.75, 3.05) is 11.9 Å². The topological polar surface area (TPSA) is 149 Å². The molecule has 0 radical (unpaired) electrons. The molecule has 1 unspecified atom stereocenters. The SMILES string of the molecule is CCCCc1ccc(C(=O)Oc2ccc(N=Nc3ccc(N=Nc4ccc(N=Nc5ccc(N=Nc6cc7c(cc6C)N(C)C(C)(C)CC7C)c6ccccc56)c5ccccc45)cc3O)cc2)cc1. The molecule has 1 N–H and O–H groups in total. The second-order valence-electron chi connectivity index (χ2n) is 18.1. The molecule has 1 aliphatic rings. The minimum atomic E-state index is -0.433. The third-order valence-corrected chi connectivity index (χ3v) is 12.8. The number of azo groups is 4. The van der Waals surface area contributed by atoms with E-state index >= 15 is 0 Å². The molecular weight excluding hydrogens is 859 g/mol. The summed E-state index contributed by atoms with van der Waals surface area (Å²) < 4.78 is 5.55. The molecule has 0 aromatic heterocycles. The zero-order valence-corrected chi connectivity index (χ0v) is 39.6. The maximum absolute atomic E-state index is 12.7. The van der Waals surface area contributed by atoms with Crippen LogP contribution in [-0.4, -0.2) is 23.7 Å². The number of rotatable bonds is 13. The number of anilines is 1. The van der Waals surface area contributed by atoms with Crippen molar-refractivity contribution in [2.45, 2.75) is 71.8 Å². The van der Waals surface area contributed by atoms with Crippen molar-refractivity contribution >= 4 is 78.7 Å². The molecule has 1 aliphatic heterocycles. The van der Waals surface area contributed by atoms with E-state index in [1.54, 1.807) is 48.5 Å². The third-order valence-electron chi connectivity index (χ3n) is 12.8. The highest BCUT2D eigenvalue weighted by Crippen LogP contribution is 2.46. The van der Waals surface area contributed by atoms with Crippen LogP contribution in [0.5, 0.6) is 11.5 Å². The summed E-state index contributed by atoms with van der Waals surface area (Å²) >= 11 is 0. The van der Waals surface area contributed by atoms with Crippen LogP contribution >= 0.6 is 0 Å². The van der Waals surface area contributed by atoms with E-state index in [0.717, 1.165) is 64.2 Å². The van der Waals surface area contributed by atoms with Gasteiger partial charge in [0, 0.05) is 45.9 Å². The molecule has 9 rings (SSSR count). The Morgan fingerprint density at radius 3 is 1.67 bits per heavy atom. The Hall–Kier alpha value is -8.25. The number of hydrogen-bond donors (Lipinski definition) is 1. The first kappa shape index (κ1) is 45.9. The lowest BCUT2D eigenvalue weighted by atomic mass is 9.80. The number of aromatic hydroxyl groups is 1. The number of phenols is 1. The minimum Gasteiger partial charge on any atom is -0.506 e. The number of nitrogens with zero attached hydrogens (tertiary/aromatic N) is 9. The summed E-state index contributed by atoms with van der Waals surface area (Å²) in [5, 5.41) is 50.8. The van der Waals surface area contributed by atoms with E-state index in [0.29, 0.717) is 45.7 Å². The monoisotopic (exact) mass is 911 g/mol. The quantitative estimate of drug-likeness (QED) is 0.0696. The number of benzene rings is 8. The number of aryl methyl sites for hydroxylation is 2. The highest BCUT2D eigenvalue weighted by Gasteiger charge is 2.34. The summed E-state index contributed by atoms with van der Waals surface area (Å²) in [5.74, 6) is 0.260. The Labute approximate surface area is 401 Å². The van der Waals surface area contributed by atoms with Crippen LogP contribution in [0.2, 0.25) is 0 Å². The molecule has 0 bridgehead atoms. The molecule has 8 aromatic carbocycles. The molecule has 0 fully saturated rings. The van der Waals surface area contributed by atoms with Gasteiger partial charge in [0.25, 0.3) is 0 Å². The Morgan fingerprint density at radius 2 is 1.12 bits per heavy atom. The second-order valence-corrected chi connectivity index (χ2v) is 18.1. The van der Waals surface area contributed by atoms with Crippen molar-refractivity contribution in [1.29, 1.82) is 0 Å². The van der Waals surface area contributed by atoms with Gasteiger partial charge in [0.2, 0.25) is 0 Å². The van der Waals surface area contributed by atoms with Crippen LogP contribution in [0.3, 0.4) is 0 Å². The van der Waals surface area contributed by atoms with Crippen LogP contribution in [0.1, 0.15) is 79.9 Å². The molecule has 8 aromatic rings. The molecule has 1 atom stereocenters. The van der Waals surface area contributed by atoms with E-state index in [1.165, 1.54) is 22.9 Å². The fourth-order valence-corrected chi connectivity index (χ4v) is 8.73. The highest BCUT2D eigenvalue weighted by molar-refractivity contribution is 6.01. The standard InChI is InChI=1S/C57H53N9O3/c1-7-8-13-38-18-20-39(21-19-38)56(68)69-42-25-22-40(23-26-42)58-64-52-27-24-41(33-55(52)67)59-60-48-28-29-49(44-15-10-9-14-43(44)48)61-62-50-30-31-51(46-17-12-11-16-45(46)50)63-65-53-34-47-37(3)35-57(4,5)66(6)54(47)32-36(53)2/h9-12,14-34,37,67H,7-8,13,35H2,1-6H3. The predicted molar refractivity (Wildman–Crippen MR) is 276 cm³/mol. The Morgan fingerprint density at radius 1 is 0.623 bits per heavy atom. The van der Waals surface area contributed by atoms with E-state index in [4.69, 9.17) is 25.2 Å². The molecule has 12 heteroatoms. The van der Waals surface area contributed by atoms with Crippen molar-refractivity contribution in [3.8, 4) is 11.5 Å². The van der Waals surface area contributed by atoms with Gasteiger partial charge >= 0.3 is 5.97 Å². The Bertz CT molecular complexity index is 3320. The van der Waals surface area contributed by atoms with Crippen LogP contribution in [0, 0.1) is 6.92 Å². The number of esters is 1. The van der Waals surface area contributed by atoms with Crippen LogP contribution in [0.4, 0.5) is 51.2 Å². The number of fused-ring (bicyclic) bond motifs is 3. The molecule has 0 amide bonds. The number of hydrogen-bond acceptors (Lipinski definition) is 12. The second kappa shape index (κ2) is 19.9. The third kappa shape index (κ3) is 10.2. The average Bonchev–Trinajstić information content (AvgIpc) is 3.36. The fourth-order valence-electron chi connectivity index (χ4n) is 8.73. The molecular formula is C57H53N9O3. The van der Waals surface area contributed by atoms with Crippen LogP contribution in [0.25, 0.3) is 21.5 Å². The Balaban J connectivity index is 0.869. The summed E-state index contributed by atoms with van der Waals surface area (Å²) in [6, 6.07) is 46.9. The summed E-state index contributed by atoms with van der Waals surface area (Å²) in [6.07, 6.45) is 4.28. The summed E-state index contributed by atoms with van der Waals surface area (Å²) in [6.45, 7) is 11.1. The van der Waals surface area contributed by atoms with Crippen molar-refractivity contribution in [3.05, 3.63) is 174 Å². The highest BCUT2D eigenvalue weighted by atomic mass is 16.5. The molecule has 1 heterocycles. The molecule has 0 saturated carbocycles. The predicted octanol–water partition coefficient (Wildman–Crippen LogP) is 18.0. The number of carbonyl (C=O) groups is 1. The molecule has 12 nitrogen and oxygen atoms in total. The molecule has 0 spiro atoms. The van der Waals surface area contributed by atoms with E-state index in [2.05, 4.69) is 79.2 Å². The number of carbonyl (C=O) groups excluding carboxylic acids is 1. The van der Waals surface area contributed by atoms with Gasteiger partial charge < -0.3 is 14.7 Å². The van der Waals surface area contributed by atoms with Gasteiger partial charge in [-0.15, -0.1) is 25.6 Å². The summed E-state index contributed by atoms with van der Waals surface area (Å²) in [5.41, 5.74) is 10.2. The Kier molecular flexibility index (Phi) is 13.2. The van der Waals surface area contributed by atoms with Crippen molar-refractivity contribution < 1.29 is 14.6 Å². The maximum Gasteiger partial charge on any atom is 0.343 e. The maximum atomic E-state index is 12.7. The van der Waals surface area contributed by atoms with E-state index in [1.807, 2.05) is 84.9 Å². The minimum absolute atomic E-state index is 0.0867. The lowest BCUT2D eigenvalue weighted by Crippen LogP contribution is -2.45.